The lowest BCUT2D eigenvalue weighted by Gasteiger charge is -2.11. The van der Waals surface area contributed by atoms with Gasteiger partial charge in [-0.15, -0.1) is 0 Å². The summed E-state index contributed by atoms with van der Waals surface area (Å²) in [6, 6.07) is 12.6. The number of rotatable bonds is 4. The van der Waals surface area contributed by atoms with Crippen molar-refractivity contribution in [1.82, 2.24) is 0 Å². The summed E-state index contributed by atoms with van der Waals surface area (Å²) in [6.07, 6.45) is 3.84. The van der Waals surface area contributed by atoms with Gasteiger partial charge in [0.2, 0.25) is 0 Å². The molecule has 0 spiro atoms. The van der Waals surface area contributed by atoms with Gasteiger partial charge >= 0.3 is 5.97 Å². The Hall–Kier alpha value is -2.55. The largest absolute Gasteiger partial charge is 0.478 e. The summed E-state index contributed by atoms with van der Waals surface area (Å²) in [7, 11) is 0. The van der Waals surface area contributed by atoms with E-state index < -0.39 is 5.97 Å². The normalized spacial score (nSPS) is 10.7. The van der Waals surface area contributed by atoms with Gasteiger partial charge in [0.1, 0.15) is 17.1 Å². The Labute approximate surface area is 118 Å². The molecule has 2 aromatic rings. The van der Waals surface area contributed by atoms with Crippen LogP contribution < -0.4 is 4.74 Å². The van der Waals surface area contributed by atoms with E-state index in [2.05, 4.69) is 0 Å². The third-order valence-corrected chi connectivity index (χ3v) is 2.85. The quantitative estimate of drug-likeness (QED) is 0.886. The second-order valence-corrected chi connectivity index (χ2v) is 4.44. The van der Waals surface area contributed by atoms with Gasteiger partial charge in [-0.3, -0.25) is 0 Å². The molecule has 0 atom stereocenters. The minimum Gasteiger partial charge on any atom is -0.478 e. The zero-order valence-corrected chi connectivity index (χ0v) is 11.5. The first-order valence-electron chi connectivity index (χ1n) is 6.35. The van der Waals surface area contributed by atoms with Crippen molar-refractivity contribution in [3.8, 4) is 11.5 Å². The van der Waals surface area contributed by atoms with Crippen molar-refractivity contribution in [2.45, 2.75) is 13.8 Å². The van der Waals surface area contributed by atoms with Crippen molar-refractivity contribution in [3.63, 3.8) is 0 Å². The standard InChI is InChI=1S/C17H16O3/c1-3-6-13-7-4-5-8-15(13)20-16-11-12(2)9-10-14(16)17(18)19/h3-11H,1-2H3,(H,18,19)/b6-3+. The van der Waals surface area contributed by atoms with Gasteiger partial charge in [-0.2, -0.15) is 0 Å². The molecule has 0 aliphatic heterocycles. The Kier molecular flexibility index (Phi) is 4.20. The fourth-order valence-electron chi connectivity index (χ4n) is 1.90. The number of carbonyl (C=O) groups is 1. The lowest BCUT2D eigenvalue weighted by Crippen LogP contribution is -2.00. The smallest absolute Gasteiger partial charge is 0.339 e. The van der Waals surface area contributed by atoms with Gasteiger partial charge in [-0.1, -0.05) is 36.4 Å². The lowest BCUT2D eigenvalue weighted by molar-refractivity contribution is 0.0694. The van der Waals surface area contributed by atoms with Crippen LogP contribution in [0.4, 0.5) is 0 Å². The minimum atomic E-state index is -0.997. The number of aryl methyl sites for hydroxylation is 1. The van der Waals surface area contributed by atoms with Gasteiger partial charge in [-0.05, 0) is 37.6 Å². The molecule has 0 aliphatic rings. The van der Waals surface area contributed by atoms with Crippen molar-refractivity contribution in [2.24, 2.45) is 0 Å². The van der Waals surface area contributed by atoms with Crippen LogP contribution >= 0.6 is 0 Å². The summed E-state index contributed by atoms with van der Waals surface area (Å²) in [5.41, 5.74) is 2.02. The van der Waals surface area contributed by atoms with Gasteiger partial charge in [0.25, 0.3) is 0 Å². The number of carboxylic acid groups (broad SMARTS) is 1. The van der Waals surface area contributed by atoms with E-state index in [-0.39, 0.29) is 5.56 Å². The SMILES string of the molecule is C/C=C/c1ccccc1Oc1cc(C)ccc1C(=O)O. The first-order chi connectivity index (χ1) is 9.61. The summed E-state index contributed by atoms with van der Waals surface area (Å²) >= 11 is 0. The first kappa shape index (κ1) is 13.9. The monoisotopic (exact) mass is 268 g/mol. The Morgan fingerprint density at radius 1 is 1.15 bits per heavy atom. The van der Waals surface area contributed by atoms with Crippen molar-refractivity contribution in [3.05, 3.63) is 65.2 Å². The lowest BCUT2D eigenvalue weighted by atomic mass is 10.1. The molecule has 2 aromatic carbocycles. The summed E-state index contributed by atoms with van der Waals surface area (Å²) in [5, 5.41) is 9.21. The van der Waals surface area contributed by atoms with Crippen LogP contribution in [0.25, 0.3) is 6.08 Å². The minimum absolute atomic E-state index is 0.158. The van der Waals surface area contributed by atoms with Crippen LogP contribution in [0.5, 0.6) is 11.5 Å². The van der Waals surface area contributed by atoms with E-state index in [4.69, 9.17) is 4.74 Å². The molecule has 0 saturated carbocycles. The fraction of sp³-hybridized carbons (Fsp3) is 0.118. The maximum Gasteiger partial charge on any atom is 0.339 e. The van der Waals surface area contributed by atoms with E-state index in [0.717, 1.165) is 11.1 Å². The van der Waals surface area contributed by atoms with E-state index in [1.54, 1.807) is 18.2 Å². The molecule has 20 heavy (non-hydrogen) atoms. The maximum absolute atomic E-state index is 11.2. The van der Waals surface area contributed by atoms with Crippen LogP contribution in [0.15, 0.2) is 48.5 Å². The van der Waals surface area contributed by atoms with Gasteiger partial charge in [0.15, 0.2) is 0 Å². The van der Waals surface area contributed by atoms with Crippen LogP contribution in [0.3, 0.4) is 0 Å². The van der Waals surface area contributed by atoms with Crippen LogP contribution in [0, 0.1) is 6.92 Å². The zero-order chi connectivity index (χ0) is 14.5. The molecule has 0 unspecified atom stereocenters. The molecule has 2 rings (SSSR count). The summed E-state index contributed by atoms with van der Waals surface area (Å²) < 4.78 is 5.80. The van der Waals surface area contributed by atoms with E-state index >= 15 is 0 Å². The summed E-state index contributed by atoms with van der Waals surface area (Å²) in [4.78, 5) is 11.2. The van der Waals surface area contributed by atoms with E-state index in [1.165, 1.54) is 0 Å². The number of hydrogen-bond acceptors (Lipinski definition) is 2. The van der Waals surface area contributed by atoms with E-state index in [0.29, 0.717) is 11.5 Å². The van der Waals surface area contributed by atoms with Gasteiger partial charge in [0, 0.05) is 5.56 Å². The second kappa shape index (κ2) is 6.06. The third-order valence-electron chi connectivity index (χ3n) is 2.85. The molecule has 0 amide bonds. The highest BCUT2D eigenvalue weighted by molar-refractivity contribution is 5.91. The van der Waals surface area contributed by atoms with E-state index in [9.17, 15) is 9.90 Å². The second-order valence-electron chi connectivity index (χ2n) is 4.44. The molecule has 0 fully saturated rings. The molecular formula is C17H16O3. The molecule has 0 bridgehead atoms. The van der Waals surface area contributed by atoms with Crippen molar-refractivity contribution >= 4 is 12.0 Å². The van der Waals surface area contributed by atoms with Crippen molar-refractivity contribution < 1.29 is 14.6 Å². The molecule has 0 radical (unpaired) electrons. The number of para-hydroxylation sites is 1. The molecule has 0 heterocycles. The van der Waals surface area contributed by atoms with Gasteiger partial charge in [0.05, 0.1) is 0 Å². The molecule has 1 N–H and O–H groups in total. The average molecular weight is 268 g/mol. The van der Waals surface area contributed by atoms with Crippen molar-refractivity contribution in [2.75, 3.05) is 0 Å². The highest BCUT2D eigenvalue weighted by atomic mass is 16.5. The number of hydrogen-bond donors (Lipinski definition) is 1. The average Bonchev–Trinajstić information content (AvgIpc) is 2.41. The Morgan fingerprint density at radius 3 is 2.60 bits per heavy atom. The topological polar surface area (TPSA) is 46.5 Å². The molecule has 3 nitrogen and oxygen atoms in total. The number of carboxylic acids is 1. The Bertz CT molecular complexity index is 657. The molecule has 3 heteroatoms. The Morgan fingerprint density at radius 2 is 1.90 bits per heavy atom. The van der Waals surface area contributed by atoms with Crippen molar-refractivity contribution in [1.29, 1.82) is 0 Å². The van der Waals surface area contributed by atoms with Crippen LogP contribution in [0.1, 0.15) is 28.4 Å². The summed E-state index contributed by atoms with van der Waals surface area (Å²) in [5.74, 6) is -0.00309. The van der Waals surface area contributed by atoms with Crippen LogP contribution in [-0.2, 0) is 0 Å². The number of aromatic carboxylic acids is 1. The number of allylic oxidation sites excluding steroid dienone is 1. The predicted octanol–water partition coefficient (Wildman–Crippen LogP) is 4.52. The number of ether oxygens (including phenoxy) is 1. The van der Waals surface area contributed by atoms with Gasteiger partial charge < -0.3 is 9.84 Å². The molecule has 0 aromatic heterocycles. The molecular weight excluding hydrogens is 252 g/mol. The van der Waals surface area contributed by atoms with E-state index in [1.807, 2.05) is 50.3 Å². The highest BCUT2D eigenvalue weighted by Crippen LogP contribution is 2.29. The fourth-order valence-corrected chi connectivity index (χ4v) is 1.90. The van der Waals surface area contributed by atoms with Gasteiger partial charge in [-0.25, -0.2) is 4.79 Å². The predicted molar refractivity (Wildman–Crippen MR) is 79.4 cm³/mol. The Balaban J connectivity index is 2.44. The third kappa shape index (κ3) is 3.06. The summed E-state index contributed by atoms with van der Waals surface area (Å²) in [6.45, 7) is 3.82. The molecule has 0 aliphatic carbocycles. The highest BCUT2D eigenvalue weighted by Gasteiger charge is 2.13. The zero-order valence-electron chi connectivity index (χ0n) is 11.5. The number of benzene rings is 2. The maximum atomic E-state index is 11.2. The molecule has 0 saturated heterocycles. The first-order valence-corrected chi connectivity index (χ1v) is 6.35. The molecule has 102 valence electrons. The van der Waals surface area contributed by atoms with Crippen LogP contribution in [0.2, 0.25) is 0 Å². The van der Waals surface area contributed by atoms with Crippen LogP contribution in [-0.4, -0.2) is 11.1 Å².